The van der Waals surface area contributed by atoms with E-state index in [1.165, 1.54) is 5.56 Å². The predicted molar refractivity (Wildman–Crippen MR) is 139 cm³/mol. The number of aryl methyl sites for hydroxylation is 2. The zero-order chi connectivity index (χ0) is 22.9. The Kier molecular flexibility index (Phi) is 8.79. The molecule has 5 nitrogen and oxygen atoms in total. The fraction of sp³-hybridized carbons (Fsp3) is 0.269. The third kappa shape index (κ3) is 6.88. The Morgan fingerprint density at radius 3 is 2.41 bits per heavy atom. The average molecular weight is 544 g/mol. The first-order valence-corrected chi connectivity index (χ1v) is 11.8. The highest BCUT2D eigenvalue weighted by atomic mass is 127. The Hall–Kier alpha value is -2.74. The smallest absolute Gasteiger partial charge is 0.262 e. The molecule has 6 heteroatoms. The lowest BCUT2D eigenvalue weighted by Gasteiger charge is -2.16. The van der Waals surface area contributed by atoms with Gasteiger partial charge in [-0.15, -0.1) is 0 Å². The second-order valence-electron chi connectivity index (χ2n) is 7.45. The van der Waals surface area contributed by atoms with Crippen LogP contribution < -0.4 is 20.1 Å². The molecule has 0 spiro atoms. The monoisotopic (exact) mass is 544 g/mol. The first-order chi connectivity index (χ1) is 15.5. The fourth-order valence-corrected chi connectivity index (χ4v) is 4.07. The van der Waals surface area contributed by atoms with E-state index in [1.807, 2.05) is 50.2 Å². The zero-order valence-corrected chi connectivity index (χ0v) is 20.9. The maximum atomic E-state index is 12.4. The van der Waals surface area contributed by atoms with Gasteiger partial charge in [0.25, 0.3) is 5.91 Å². The number of benzene rings is 3. The number of anilines is 2. The van der Waals surface area contributed by atoms with E-state index in [-0.39, 0.29) is 12.5 Å². The summed E-state index contributed by atoms with van der Waals surface area (Å²) in [4.78, 5) is 12.4. The molecule has 32 heavy (non-hydrogen) atoms. The minimum Gasteiger partial charge on any atom is -0.490 e. The van der Waals surface area contributed by atoms with E-state index in [4.69, 9.17) is 9.47 Å². The predicted octanol–water partition coefficient (Wildman–Crippen LogP) is 6.19. The summed E-state index contributed by atoms with van der Waals surface area (Å²) in [6.07, 6.45) is 1.03. The van der Waals surface area contributed by atoms with Crippen LogP contribution in [0, 0.1) is 10.5 Å². The van der Waals surface area contributed by atoms with Crippen LogP contribution in [0.1, 0.15) is 30.5 Å². The summed E-state index contributed by atoms with van der Waals surface area (Å²) in [6, 6.07) is 20.1. The van der Waals surface area contributed by atoms with Crippen LogP contribution in [0.2, 0.25) is 0 Å². The topological polar surface area (TPSA) is 59.6 Å². The molecule has 0 aromatic heterocycles. The summed E-state index contributed by atoms with van der Waals surface area (Å²) in [5.41, 5.74) is 5.31. The van der Waals surface area contributed by atoms with Crippen LogP contribution in [0.25, 0.3) is 0 Å². The van der Waals surface area contributed by atoms with Gasteiger partial charge in [-0.25, -0.2) is 0 Å². The van der Waals surface area contributed by atoms with E-state index >= 15 is 0 Å². The molecule has 0 saturated carbocycles. The minimum absolute atomic E-state index is 0.0919. The molecule has 0 aliphatic heterocycles. The number of carbonyl (C=O) groups is 1. The van der Waals surface area contributed by atoms with E-state index in [2.05, 4.69) is 64.4 Å². The van der Waals surface area contributed by atoms with Crippen molar-refractivity contribution < 1.29 is 14.3 Å². The summed E-state index contributed by atoms with van der Waals surface area (Å²) in [5.74, 6) is 1.01. The second-order valence-corrected chi connectivity index (χ2v) is 8.61. The molecule has 0 saturated heterocycles. The molecule has 1 amide bonds. The Bertz CT molecular complexity index is 1050. The van der Waals surface area contributed by atoms with E-state index in [9.17, 15) is 4.79 Å². The average Bonchev–Trinajstić information content (AvgIpc) is 2.77. The standard InChI is InChI=1S/C26H29IN2O3/c1-4-19-9-11-21(12-10-19)28-16-20-14-23(27)26(24(15-20)31-5-2)32-17-25(30)29-22-8-6-7-18(3)13-22/h6-15,28H,4-5,16-17H2,1-3H3,(H,29,30). The molecule has 0 heterocycles. The van der Waals surface area contributed by atoms with Crippen LogP contribution in [0.15, 0.2) is 60.7 Å². The molecule has 0 unspecified atom stereocenters. The highest BCUT2D eigenvalue weighted by Gasteiger charge is 2.14. The molecule has 0 radical (unpaired) electrons. The highest BCUT2D eigenvalue weighted by molar-refractivity contribution is 14.1. The molecule has 0 bridgehead atoms. The van der Waals surface area contributed by atoms with Crippen molar-refractivity contribution in [2.75, 3.05) is 23.8 Å². The Morgan fingerprint density at radius 1 is 0.938 bits per heavy atom. The fourth-order valence-electron chi connectivity index (χ4n) is 3.25. The molecule has 3 aromatic rings. The largest absolute Gasteiger partial charge is 0.490 e. The van der Waals surface area contributed by atoms with Crippen molar-refractivity contribution in [3.63, 3.8) is 0 Å². The van der Waals surface area contributed by atoms with Crippen LogP contribution in [-0.2, 0) is 17.8 Å². The number of ether oxygens (including phenoxy) is 2. The molecular weight excluding hydrogens is 515 g/mol. The number of hydrogen-bond donors (Lipinski definition) is 2. The number of carbonyl (C=O) groups excluding carboxylic acids is 1. The van der Waals surface area contributed by atoms with Gasteiger partial charge in [0.15, 0.2) is 18.1 Å². The summed E-state index contributed by atoms with van der Waals surface area (Å²) in [5, 5.41) is 6.31. The SMILES string of the molecule is CCOc1cc(CNc2ccc(CC)cc2)cc(I)c1OCC(=O)Nc1cccc(C)c1. The molecule has 2 N–H and O–H groups in total. The summed E-state index contributed by atoms with van der Waals surface area (Å²) in [6.45, 7) is 7.15. The maximum Gasteiger partial charge on any atom is 0.262 e. The number of nitrogens with one attached hydrogen (secondary N) is 2. The Balaban J connectivity index is 1.65. The summed E-state index contributed by atoms with van der Waals surface area (Å²) < 4.78 is 12.6. The molecule has 3 rings (SSSR count). The maximum absolute atomic E-state index is 12.4. The number of amides is 1. The normalized spacial score (nSPS) is 10.5. The van der Waals surface area contributed by atoms with Crippen LogP contribution in [-0.4, -0.2) is 19.1 Å². The first-order valence-electron chi connectivity index (χ1n) is 10.8. The molecule has 168 valence electrons. The number of rotatable bonds is 10. The van der Waals surface area contributed by atoms with Crippen molar-refractivity contribution in [1.29, 1.82) is 0 Å². The Morgan fingerprint density at radius 2 is 1.72 bits per heavy atom. The van der Waals surface area contributed by atoms with Gasteiger partial charge in [-0.2, -0.15) is 0 Å². The van der Waals surface area contributed by atoms with E-state index in [1.54, 1.807) is 0 Å². The lowest BCUT2D eigenvalue weighted by molar-refractivity contribution is -0.118. The third-order valence-electron chi connectivity index (χ3n) is 4.88. The van der Waals surface area contributed by atoms with Gasteiger partial charge in [-0.05, 0) is 95.9 Å². The summed E-state index contributed by atoms with van der Waals surface area (Å²) >= 11 is 2.23. The lowest BCUT2D eigenvalue weighted by atomic mass is 10.1. The van der Waals surface area contributed by atoms with Crippen LogP contribution >= 0.6 is 22.6 Å². The lowest BCUT2D eigenvalue weighted by Crippen LogP contribution is -2.20. The molecule has 0 aliphatic carbocycles. The van der Waals surface area contributed by atoms with Crippen molar-refractivity contribution in [2.45, 2.75) is 33.7 Å². The van der Waals surface area contributed by atoms with Crippen molar-refractivity contribution in [1.82, 2.24) is 0 Å². The van der Waals surface area contributed by atoms with Crippen molar-refractivity contribution in [3.05, 3.63) is 80.9 Å². The van der Waals surface area contributed by atoms with Gasteiger partial charge in [-0.3, -0.25) is 4.79 Å². The minimum atomic E-state index is -0.213. The van der Waals surface area contributed by atoms with Gasteiger partial charge in [0.1, 0.15) is 0 Å². The molecule has 0 fully saturated rings. The number of hydrogen-bond acceptors (Lipinski definition) is 4. The molecule has 0 atom stereocenters. The first kappa shape index (κ1) is 23.9. The van der Waals surface area contributed by atoms with Crippen molar-refractivity contribution in [3.8, 4) is 11.5 Å². The zero-order valence-electron chi connectivity index (χ0n) is 18.7. The quantitative estimate of drug-likeness (QED) is 0.299. The molecular formula is C26H29IN2O3. The molecule has 3 aromatic carbocycles. The van der Waals surface area contributed by atoms with Gasteiger partial charge in [0.05, 0.1) is 10.2 Å². The van der Waals surface area contributed by atoms with Crippen molar-refractivity contribution >= 4 is 39.9 Å². The van der Waals surface area contributed by atoms with Gasteiger partial charge in [-0.1, -0.05) is 31.2 Å². The van der Waals surface area contributed by atoms with E-state index in [0.29, 0.717) is 24.7 Å². The van der Waals surface area contributed by atoms with Crippen LogP contribution in [0.3, 0.4) is 0 Å². The van der Waals surface area contributed by atoms with Crippen LogP contribution in [0.4, 0.5) is 11.4 Å². The van der Waals surface area contributed by atoms with Crippen LogP contribution in [0.5, 0.6) is 11.5 Å². The Labute approximate surface area is 203 Å². The van der Waals surface area contributed by atoms with Gasteiger partial charge >= 0.3 is 0 Å². The summed E-state index contributed by atoms with van der Waals surface area (Å²) in [7, 11) is 0. The number of halogens is 1. The molecule has 0 aliphatic rings. The van der Waals surface area contributed by atoms with Gasteiger partial charge < -0.3 is 20.1 Å². The van der Waals surface area contributed by atoms with Gasteiger partial charge in [0.2, 0.25) is 0 Å². The van der Waals surface area contributed by atoms with E-state index in [0.717, 1.165) is 32.5 Å². The van der Waals surface area contributed by atoms with E-state index < -0.39 is 0 Å². The third-order valence-corrected chi connectivity index (χ3v) is 5.68. The highest BCUT2D eigenvalue weighted by Crippen LogP contribution is 2.34. The second kappa shape index (κ2) is 11.8. The van der Waals surface area contributed by atoms with Gasteiger partial charge in [0, 0.05) is 17.9 Å². The van der Waals surface area contributed by atoms with Crippen molar-refractivity contribution in [2.24, 2.45) is 0 Å².